The summed E-state index contributed by atoms with van der Waals surface area (Å²) in [5.41, 5.74) is 5.48. The van der Waals surface area contributed by atoms with Gasteiger partial charge >= 0.3 is 0 Å². The minimum Gasteiger partial charge on any atom is -0.375 e. The van der Waals surface area contributed by atoms with Gasteiger partial charge in [-0.05, 0) is 12.1 Å². The summed E-state index contributed by atoms with van der Waals surface area (Å²) in [4.78, 5) is 16.1. The number of carbonyl (C=O) groups excluding carboxylic acids is 1. The van der Waals surface area contributed by atoms with Gasteiger partial charge in [0, 0.05) is 17.9 Å². The highest BCUT2D eigenvalue weighted by atomic mass is 32.1. The van der Waals surface area contributed by atoms with Crippen LogP contribution in [-0.2, 0) is 4.79 Å². The molecule has 1 aliphatic heterocycles. The summed E-state index contributed by atoms with van der Waals surface area (Å²) in [6, 6.07) is 3.64. The number of nitrogen functional groups attached to an aromatic ring is 1. The van der Waals surface area contributed by atoms with Crippen LogP contribution in [-0.4, -0.2) is 10.9 Å². The Morgan fingerprint density at radius 3 is 2.74 bits per heavy atom. The molecule has 0 fully saturated rings. The molecule has 0 saturated heterocycles. The predicted molar refractivity (Wildman–Crippen MR) is 68.0 cm³/mol. The number of anilines is 2. The lowest BCUT2D eigenvalue weighted by atomic mass is 9.91. The third-order valence-electron chi connectivity index (χ3n) is 2.98. The molecular formula is C12H9F2N3OS. The molecule has 19 heavy (non-hydrogen) atoms. The van der Waals surface area contributed by atoms with Crippen LogP contribution in [0.1, 0.15) is 22.8 Å². The number of hydrogen-bond donors (Lipinski definition) is 2. The molecule has 2 heterocycles. The normalized spacial score (nSPS) is 18.0. The molecule has 1 amide bonds. The van der Waals surface area contributed by atoms with Gasteiger partial charge in [0.2, 0.25) is 5.91 Å². The van der Waals surface area contributed by atoms with Crippen LogP contribution in [0.4, 0.5) is 19.7 Å². The average molecular weight is 281 g/mol. The molecule has 2 aromatic rings. The quantitative estimate of drug-likeness (QED) is 0.843. The maximum atomic E-state index is 13.8. The summed E-state index contributed by atoms with van der Waals surface area (Å²) in [5, 5.41) is 2.81. The van der Waals surface area contributed by atoms with Crippen molar-refractivity contribution in [2.75, 3.05) is 11.1 Å². The van der Waals surface area contributed by atoms with Crippen LogP contribution >= 0.6 is 11.3 Å². The molecule has 0 spiro atoms. The number of hydrogen-bond acceptors (Lipinski definition) is 4. The highest BCUT2D eigenvalue weighted by molar-refractivity contribution is 7.16. The van der Waals surface area contributed by atoms with Crippen molar-refractivity contribution in [3.63, 3.8) is 0 Å². The summed E-state index contributed by atoms with van der Waals surface area (Å²) < 4.78 is 27.7. The van der Waals surface area contributed by atoms with E-state index in [-0.39, 0.29) is 23.0 Å². The first-order valence-electron chi connectivity index (χ1n) is 5.56. The Balaban J connectivity index is 2.18. The SMILES string of the molecule is Nc1nc2c(s1)C(c1c(F)cccc1F)CC(=O)N2. The molecule has 1 atom stereocenters. The number of nitrogens with zero attached hydrogens (tertiary/aromatic N) is 1. The lowest BCUT2D eigenvalue weighted by Gasteiger charge is -2.22. The fourth-order valence-corrected chi connectivity index (χ4v) is 3.11. The fourth-order valence-electron chi connectivity index (χ4n) is 2.21. The van der Waals surface area contributed by atoms with E-state index in [1.807, 2.05) is 0 Å². The monoisotopic (exact) mass is 281 g/mol. The summed E-state index contributed by atoms with van der Waals surface area (Å²) in [5.74, 6) is -2.05. The zero-order valence-corrected chi connectivity index (χ0v) is 10.4. The first kappa shape index (κ1) is 12.0. The summed E-state index contributed by atoms with van der Waals surface area (Å²) >= 11 is 1.13. The zero-order valence-electron chi connectivity index (χ0n) is 9.61. The maximum absolute atomic E-state index is 13.8. The van der Waals surface area contributed by atoms with E-state index >= 15 is 0 Å². The third-order valence-corrected chi connectivity index (χ3v) is 3.98. The molecule has 0 radical (unpaired) electrons. The van der Waals surface area contributed by atoms with Crippen LogP contribution in [0.3, 0.4) is 0 Å². The van der Waals surface area contributed by atoms with Crippen LogP contribution in [0.2, 0.25) is 0 Å². The van der Waals surface area contributed by atoms with E-state index < -0.39 is 17.6 Å². The second-order valence-corrected chi connectivity index (χ2v) is 5.27. The summed E-state index contributed by atoms with van der Waals surface area (Å²) in [7, 11) is 0. The van der Waals surface area contributed by atoms with E-state index in [4.69, 9.17) is 5.73 Å². The Kier molecular flexibility index (Phi) is 2.70. The van der Waals surface area contributed by atoms with Crippen LogP contribution in [0, 0.1) is 11.6 Å². The van der Waals surface area contributed by atoms with Crippen molar-refractivity contribution in [1.29, 1.82) is 0 Å². The van der Waals surface area contributed by atoms with Gasteiger partial charge in [-0.15, -0.1) is 0 Å². The first-order chi connectivity index (χ1) is 9.06. The molecule has 3 N–H and O–H groups in total. The van der Waals surface area contributed by atoms with Crippen molar-refractivity contribution in [3.05, 3.63) is 40.3 Å². The number of halogens is 2. The molecule has 7 heteroatoms. The van der Waals surface area contributed by atoms with Crippen molar-refractivity contribution in [1.82, 2.24) is 4.98 Å². The van der Waals surface area contributed by atoms with Crippen molar-refractivity contribution < 1.29 is 13.6 Å². The molecule has 1 aromatic heterocycles. The number of nitrogens with two attached hydrogens (primary N) is 1. The lowest BCUT2D eigenvalue weighted by molar-refractivity contribution is -0.116. The number of amides is 1. The smallest absolute Gasteiger partial charge is 0.226 e. The Labute approximate surface area is 111 Å². The van der Waals surface area contributed by atoms with Gasteiger partial charge in [-0.25, -0.2) is 13.8 Å². The second-order valence-electron chi connectivity index (χ2n) is 4.21. The van der Waals surface area contributed by atoms with E-state index in [0.29, 0.717) is 10.7 Å². The topological polar surface area (TPSA) is 68.0 Å². The minimum atomic E-state index is -0.681. The van der Waals surface area contributed by atoms with Gasteiger partial charge in [0.15, 0.2) is 5.13 Å². The number of nitrogens with one attached hydrogen (secondary N) is 1. The predicted octanol–water partition coefficient (Wildman–Crippen LogP) is 2.48. The van der Waals surface area contributed by atoms with E-state index in [9.17, 15) is 13.6 Å². The molecule has 1 aliphatic rings. The summed E-state index contributed by atoms with van der Waals surface area (Å²) in [6.07, 6.45) is -0.0213. The van der Waals surface area contributed by atoms with Crippen LogP contribution in [0.15, 0.2) is 18.2 Å². The number of aromatic nitrogens is 1. The Morgan fingerprint density at radius 1 is 1.37 bits per heavy atom. The fraction of sp³-hybridized carbons (Fsp3) is 0.167. The minimum absolute atomic E-state index is 0.0213. The third kappa shape index (κ3) is 1.95. The lowest BCUT2D eigenvalue weighted by Crippen LogP contribution is -2.23. The van der Waals surface area contributed by atoms with E-state index in [1.165, 1.54) is 18.2 Å². The van der Waals surface area contributed by atoms with Gasteiger partial charge < -0.3 is 11.1 Å². The van der Waals surface area contributed by atoms with Crippen molar-refractivity contribution in [2.24, 2.45) is 0 Å². The summed E-state index contributed by atoms with van der Waals surface area (Å²) in [6.45, 7) is 0. The number of rotatable bonds is 1. The number of benzene rings is 1. The van der Waals surface area contributed by atoms with Gasteiger partial charge in [-0.1, -0.05) is 17.4 Å². The van der Waals surface area contributed by atoms with Gasteiger partial charge in [0.25, 0.3) is 0 Å². The van der Waals surface area contributed by atoms with Gasteiger partial charge in [-0.2, -0.15) is 0 Å². The van der Waals surface area contributed by atoms with Crippen LogP contribution in [0.25, 0.3) is 0 Å². The van der Waals surface area contributed by atoms with Gasteiger partial charge in [-0.3, -0.25) is 4.79 Å². The van der Waals surface area contributed by atoms with Crippen molar-refractivity contribution >= 4 is 28.2 Å². The Bertz CT molecular complexity index is 651. The molecule has 4 nitrogen and oxygen atoms in total. The molecule has 1 unspecified atom stereocenters. The van der Waals surface area contributed by atoms with Crippen molar-refractivity contribution in [3.8, 4) is 0 Å². The highest BCUT2D eigenvalue weighted by Crippen LogP contribution is 2.42. The maximum Gasteiger partial charge on any atom is 0.226 e. The molecule has 0 saturated carbocycles. The zero-order chi connectivity index (χ0) is 13.6. The molecule has 1 aromatic carbocycles. The number of thiazole rings is 1. The molecular weight excluding hydrogens is 272 g/mol. The Hall–Kier alpha value is -2.02. The standard InChI is InChI=1S/C12H9F2N3OS/c13-6-2-1-3-7(14)9(6)5-4-8(18)16-11-10(5)19-12(15)17-11/h1-3,5H,4H2,(H2,15,17)(H,16,18). The van der Waals surface area contributed by atoms with Crippen LogP contribution in [0.5, 0.6) is 0 Å². The molecule has 3 rings (SSSR count). The molecule has 0 bridgehead atoms. The van der Waals surface area contributed by atoms with E-state index in [1.54, 1.807) is 0 Å². The molecule has 98 valence electrons. The molecule has 0 aliphatic carbocycles. The number of carbonyl (C=O) groups is 1. The number of fused-ring (bicyclic) bond motifs is 1. The van der Waals surface area contributed by atoms with E-state index in [2.05, 4.69) is 10.3 Å². The highest BCUT2D eigenvalue weighted by Gasteiger charge is 2.33. The largest absolute Gasteiger partial charge is 0.375 e. The Morgan fingerprint density at radius 2 is 2.05 bits per heavy atom. The van der Waals surface area contributed by atoms with Crippen LogP contribution < -0.4 is 11.1 Å². The second kappa shape index (κ2) is 4.27. The van der Waals surface area contributed by atoms with Gasteiger partial charge in [0.1, 0.15) is 17.5 Å². The van der Waals surface area contributed by atoms with E-state index in [0.717, 1.165) is 11.3 Å². The average Bonchev–Trinajstić information content (AvgIpc) is 2.69. The van der Waals surface area contributed by atoms with Crippen molar-refractivity contribution in [2.45, 2.75) is 12.3 Å². The first-order valence-corrected chi connectivity index (χ1v) is 6.38. The van der Waals surface area contributed by atoms with Gasteiger partial charge in [0.05, 0.1) is 4.88 Å².